The molecule has 0 aromatic heterocycles. The fourth-order valence-electron chi connectivity index (χ4n) is 6.99. The minimum atomic E-state index is -1.72. The van der Waals surface area contributed by atoms with Gasteiger partial charge in [0.1, 0.15) is 53.8 Å². The normalized spacial score (nSPS) is 14.5. The highest BCUT2D eigenvalue weighted by Gasteiger charge is 2.36. The topological polar surface area (TPSA) is 394 Å². The molecule has 16 N–H and O–H groups in total. The molecule has 9 amide bonds. The number of carboxylic acids is 1. The smallest absolute Gasteiger partial charge is 0.305 e. The highest BCUT2D eigenvalue weighted by atomic mass is 32.2. The van der Waals surface area contributed by atoms with Crippen molar-refractivity contribution in [2.24, 2.45) is 29.0 Å². The predicted octanol–water partition coefficient (Wildman–Crippen LogP) is -1.35. The summed E-state index contributed by atoms with van der Waals surface area (Å²) in [6.07, 6.45) is 1.94. The largest absolute Gasteiger partial charge is 0.508 e. The average molecular weight is 1050 g/mol. The fraction of sp³-hybridized carbons (Fsp3) is 0.532. The van der Waals surface area contributed by atoms with E-state index in [1.165, 1.54) is 59.9 Å². The third-order valence-corrected chi connectivity index (χ3v) is 12.2. The SMILES string of the molecule is CSCC[C@H](NC(=O)[C@H](Cc1ccc(O)cc1)NC(=O)[C@@H](NC(=O)[C@H](CCSC)NC(=O)[C@H](Cc1ccc(O)cc1)NC(=O)[C@H](CC(N)=O)NC(=O)[C@H](CC(C)C)NC(=O)[C@@H](N)CC(=O)O)C(C)C)C(N)=O. The Morgan fingerprint density at radius 2 is 0.903 bits per heavy atom. The van der Waals surface area contributed by atoms with Gasteiger partial charge < -0.3 is 69.7 Å². The maximum absolute atomic E-state index is 14.3. The molecule has 72 heavy (non-hydrogen) atoms. The monoisotopic (exact) mass is 1050 g/mol. The minimum Gasteiger partial charge on any atom is -0.508 e. The summed E-state index contributed by atoms with van der Waals surface area (Å²) in [7, 11) is 0. The third-order valence-electron chi connectivity index (χ3n) is 10.9. The Bertz CT molecular complexity index is 2180. The quantitative estimate of drug-likeness (QED) is 0.0403. The second-order valence-electron chi connectivity index (χ2n) is 17.8. The van der Waals surface area contributed by atoms with E-state index in [9.17, 15) is 58.2 Å². The summed E-state index contributed by atoms with van der Waals surface area (Å²) in [6.45, 7) is 6.73. The van der Waals surface area contributed by atoms with Crippen molar-refractivity contribution >= 4 is 82.7 Å². The molecule has 0 radical (unpaired) electrons. The molecule has 0 bridgehead atoms. The molecule has 0 spiro atoms. The highest BCUT2D eigenvalue weighted by Crippen LogP contribution is 2.16. The van der Waals surface area contributed by atoms with E-state index < -0.39 is 126 Å². The van der Waals surface area contributed by atoms with Crippen molar-refractivity contribution in [2.45, 2.75) is 121 Å². The van der Waals surface area contributed by atoms with Crippen molar-refractivity contribution in [1.29, 1.82) is 0 Å². The number of primary amides is 2. The Balaban J connectivity index is 2.48. The number of amides is 9. The van der Waals surface area contributed by atoms with Gasteiger partial charge in [-0.05, 0) is 90.5 Å². The average Bonchev–Trinajstić information content (AvgIpc) is 3.30. The molecule has 0 aliphatic heterocycles. The summed E-state index contributed by atoms with van der Waals surface area (Å²) >= 11 is 2.77. The van der Waals surface area contributed by atoms with Gasteiger partial charge in [-0.3, -0.25) is 47.9 Å². The number of rotatable bonds is 32. The van der Waals surface area contributed by atoms with Crippen LogP contribution in [0.2, 0.25) is 0 Å². The molecular formula is C47H70N10O13S2. The zero-order valence-corrected chi connectivity index (χ0v) is 42.9. The van der Waals surface area contributed by atoms with Gasteiger partial charge in [0.05, 0.1) is 18.9 Å². The lowest BCUT2D eigenvalue weighted by molar-refractivity contribution is -0.140. The summed E-state index contributed by atoms with van der Waals surface area (Å²) in [5.41, 5.74) is 17.7. The van der Waals surface area contributed by atoms with Crippen LogP contribution in [0.3, 0.4) is 0 Å². The van der Waals surface area contributed by atoms with Crippen molar-refractivity contribution in [3.05, 3.63) is 59.7 Å². The van der Waals surface area contributed by atoms with Gasteiger partial charge in [-0.15, -0.1) is 0 Å². The summed E-state index contributed by atoms with van der Waals surface area (Å²) in [4.78, 5) is 133. The van der Waals surface area contributed by atoms with Gasteiger partial charge in [-0.25, -0.2) is 0 Å². The number of hydrogen-bond acceptors (Lipinski definition) is 15. The zero-order valence-electron chi connectivity index (χ0n) is 41.2. The first kappa shape index (κ1) is 61.5. The van der Waals surface area contributed by atoms with Crippen molar-refractivity contribution in [2.75, 3.05) is 24.0 Å². The van der Waals surface area contributed by atoms with E-state index in [-0.39, 0.29) is 49.5 Å². The summed E-state index contributed by atoms with van der Waals surface area (Å²) in [6, 6.07) is 0.387. The lowest BCUT2D eigenvalue weighted by Crippen LogP contribution is -2.61. The van der Waals surface area contributed by atoms with Crippen molar-refractivity contribution in [3.63, 3.8) is 0 Å². The molecule has 0 fully saturated rings. The summed E-state index contributed by atoms with van der Waals surface area (Å²) in [5.74, 6) is -9.57. The van der Waals surface area contributed by atoms with Gasteiger partial charge in [0.2, 0.25) is 53.2 Å². The molecule has 0 saturated carbocycles. The number of phenols is 2. The van der Waals surface area contributed by atoms with Crippen LogP contribution in [0.5, 0.6) is 11.5 Å². The standard InChI is InChI=1S/C47H70N10O13S2/c1-24(2)19-33(53-41(64)30(48)22-38(61)62)43(66)55-36(23-37(49)60)46(69)54-34(20-26-7-11-28(58)12-8-26)45(68)52-32(16-18-72-6)42(65)57-39(25(3)4)47(70)56-35(21-27-9-13-29(59)14-10-27)44(67)51-31(40(50)63)15-17-71-5/h7-14,24-25,30-36,39,58-59H,15-23,48H2,1-6H3,(H2,49,60)(H2,50,63)(H,51,67)(H,52,68)(H,53,64)(H,54,69)(H,55,66)(H,56,70)(H,57,65)(H,61,62)/t30-,31-,32-,33-,34-,35-,36-,39-/m0/s1. The molecule has 0 saturated heterocycles. The van der Waals surface area contributed by atoms with E-state index in [1.54, 1.807) is 46.1 Å². The molecule has 398 valence electrons. The molecular weight excluding hydrogens is 977 g/mol. The number of carbonyl (C=O) groups excluding carboxylic acids is 9. The number of carboxylic acid groups (broad SMARTS) is 1. The maximum atomic E-state index is 14.3. The van der Waals surface area contributed by atoms with Crippen LogP contribution in [0.1, 0.15) is 70.9 Å². The first-order chi connectivity index (χ1) is 33.8. The summed E-state index contributed by atoms with van der Waals surface area (Å²) in [5, 5.41) is 46.8. The van der Waals surface area contributed by atoms with E-state index in [0.717, 1.165) is 0 Å². The van der Waals surface area contributed by atoms with Gasteiger partial charge in [-0.1, -0.05) is 52.0 Å². The first-order valence-electron chi connectivity index (χ1n) is 23.1. The van der Waals surface area contributed by atoms with Crippen LogP contribution < -0.4 is 54.4 Å². The van der Waals surface area contributed by atoms with Gasteiger partial charge in [0, 0.05) is 12.8 Å². The number of benzene rings is 2. The van der Waals surface area contributed by atoms with Crippen LogP contribution in [0.25, 0.3) is 0 Å². The van der Waals surface area contributed by atoms with Gasteiger partial charge >= 0.3 is 5.97 Å². The number of phenolic OH excluding ortho intramolecular Hbond substituents is 2. The van der Waals surface area contributed by atoms with Crippen LogP contribution in [-0.4, -0.2) is 147 Å². The molecule has 0 aliphatic carbocycles. The highest BCUT2D eigenvalue weighted by molar-refractivity contribution is 7.98. The molecule has 23 nitrogen and oxygen atoms in total. The lowest BCUT2D eigenvalue weighted by atomic mass is 9.99. The van der Waals surface area contributed by atoms with E-state index in [4.69, 9.17) is 22.3 Å². The number of aliphatic carboxylic acids is 1. The first-order valence-corrected chi connectivity index (χ1v) is 25.9. The summed E-state index contributed by atoms with van der Waals surface area (Å²) < 4.78 is 0. The van der Waals surface area contributed by atoms with E-state index >= 15 is 0 Å². The number of nitrogens with two attached hydrogens (primary N) is 3. The lowest BCUT2D eigenvalue weighted by Gasteiger charge is -2.29. The number of thioether (sulfide) groups is 2. The van der Waals surface area contributed by atoms with Crippen LogP contribution in [0.4, 0.5) is 0 Å². The molecule has 0 unspecified atom stereocenters. The van der Waals surface area contributed by atoms with Gasteiger partial charge in [0.15, 0.2) is 0 Å². The van der Waals surface area contributed by atoms with Crippen LogP contribution in [0.15, 0.2) is 48.5 Å². The van der Waals surface area contributed by atoms with Crippen molar-refractivity contribution < 1.29 is 63.3 Å². The van der Waals surface area contributed by atoms with E-state index in [0.29, 0.717) is 22.6 Å². The second kappa shape index (κ2) is 31.0. The van der Waals surface area contributed by atoms with Crippen molar-refractivity contribution in [3.8, 4) is 11.5 Å². The number of aromatic hydroxyl groups is 2. The van der Waals surface area contributed by atoms with Crippen LogP contribution in [0, 0.1) is 11.8 Å². The fourth-order valence-corrected chi connectivity index (χ4v) is 7.94. The molecule has 2 rings (SSSR count). The van der Waals surface area contributed by atoms with Crippen LogP contribution >= 0.6 is 23.5 Å². The zero-order chi connectivity index (χ0) is 54.2. The van der Waals surface area contributed by atoms with E-state index in [2.05, 4.69) is 37.2 Å². The van der Waals surface area contributed by atoms with E-state index in [1.807, 2.05) is 6.26 Å². The van der Waals surface area contributed by atoms with Gasteiger partial charge in [0.25, 0.3) is 0 Å². The molecule has 0 heterocycles. The van der Waals surface area contributed by atoms with Crippen molar-refractivity contribution in [1.82, 2.24) is 37.2 Å². The third kappa shape index (κ3) is 22.2. The Hall–Kier alpha value is -6.60. The van der Waals surface area contributed by atoms with Gasteiger partial charge in [-0.2, -0.15) is 23.5 Å². The molecule has 2 aromatic rings. The molecule has 0 aliphatic rings. The second-order valence-corrected chi connectivity index (χ2v) is 19.8. The Kier molecular flexibility index (Phi) is 26.5. The Morgan fingerprint density at radius 3 is 1.33 bits per heavy atom. The number of nitrogens with one attached hydrogen (secondary N) is 7. The Labute approximate surface area is 426 Å². The number of carbonyl (C=O) groups is 10. The molecule has 8 atom stereocenters. The molecule has 2 aromatic carbocycles. The molecule has 25 heteroatoms. The number of hydrogen-bond donors (Lipinski definition) is 13. The van der Waals surface area contributed by atoms with Crippen LogP contribution in [-0.2, 0) is 60.8 Å². The predicted molar refractivity (Wildman–Crippen MR) is 271 cm³/mol. The Morgan fingerprint density at radius 1 is 0.514 bits per heavy atom. The maximum Gasteiger partial charge on any atom is 0.305 e. The minimum absolute atomic E-state index is 0.00142.